The van der Waals surface area contributed by atoms with E-state index in [0.29, 0.717) is 16.4 Å². The summed E-state index contributed by atoms with van der Waals surface area (Å²) >= 11 is 1.37. The van der Waals surface area contributed by atoms with Crippen LogP contribution in [-0.4, -0.2) is 20.9 Å². The number of anilines is 1. The Morgan fingerprint density at radius 1 is 0.889 bits per heavy atom. The van der Waals surface area contributed by atoms with Gasteiger partial charge in [0, 0.05) is 17.1 Å². The number of aromatic nitrogens is 3. The quantitative estimate of drug-likeness (QED) is 0.557. The third-order valence-electron chi connectivity index (χ3n) is 4.05. The van der Waals surface area contributed by atoms with Gasteiger partial charge >= 0.3 is 0 Å². The van der Waals surface area contributed by atoms with Crippen molar-refractivity contribution in [2.75, 3.05) is 5.32 Å². The van der Waals surface area contributed by atoms with Gasteiger partial charge in [0.25, 0.3) is 5.91 Å². The van der Waals surface area contributed by atoms with E-state index in [2.05, 4.69) is 20.3 Å². The highest BCUT2D eigenvalue weighted by Gasteiger charge is 2.14. The summed E-state index contributed by atoms with van der Waals surface area (Å²) in [5, 5.41) is 5.26. The number of pyridine rings is 2. The number of rotatable bonds is 4. The molecule has 0 unspecified atom stereocenters. The lowest BCUT2D eigenvalue weighted by Crippen LogP contribution is -2.14. The average molecular weight is 372 g/mol. The highest BCUT2D eigenvalue weighted by molar-refractivity contribution is 7.14. The van der Waals surface area contributed by atoms with Gasteiger partial charge in [-0.05, 0) is 31.2 Å². The van der Waals surface area contributed by atoms with E-state index >= 15 is 0 Å². The zero-order chi connectivity index (χ0) is 18.6. The van der Waals surface area contributed by atoms with Gasteiger partial charge in [-0.3, -0.25) is 20.1 Å². The van der Waals surface area contributed by atoms with Crippen molar-refractivity contribution in [1.29, 1.82) is 0 Å². The Morgan fingerprint density at radius 2 is 1.70 bits per heavy atom. The maximum absolute atomic E-state index is 12.6. The fourth-order valence-electron chi connectivity index (χ4n) is 2.70. The minimum absolute atomic E-state index is 0.221. The average Bonchev–Trinajstić information content (AvgIpc) is 3.17. The minimum Gasteiger partial charge on any atom is -0.298 e. The van der Waals surface area contributed by atoms with E-state index in [1.807, 2.05) is 66.9 Å². The molecule has 6 heteroatoms. The van der Waals surface area contributed by atoms with E-state index in [1.54, 1.807) is 12.3 Å². The van der Waals surface area contributed by atoms with Gasteiger partial charge in [-0.1, -0.05) is 36.4 Å². The first-order valence-corrected chi connectivity index (χ1v) is 9.30. The van der Waals surface area contributed by atoms with Gasteiger partial charge < -0.3 is 0 Å². The number of nitrogens with zero attached hydrogens (tertiary/aromatic N) is 3. The first kappa shape index (κ1) is 17.1. The first-order chi connectivity index (χ1) is 13.2. The third-order valence-corrected chi connectivity index (χ3v) is 4.81. The highest BCUT2D eigenvalue weighted by atomic mass is 32.1. The molecule has 0 fully saturated rings. The number of thiazole rings is 1. The SMILES string of the molecule is Cc1nc(-c2ccccc2)ccc1C(=O)Nc1nc(-c2ccccn2)cs1. The number of hydrogen-bond donors (Lipinski definition) is 1. The summed E-state index contributed by atoms with van der Waals surface area (Å²) in [5.74, 6) is -0.221. The zero-order valence-corrected chi connectivity index (χ0v) is 15.4. The minimum atomic E-state index is -0.221. The van der Waals surface area contributed by atoms with Crippen molar-refractivity contribution in [1.82, 2.24) is 15.0 Å². The number of carbonyl (C=O) groups excluding carboxylic acids is 1. The van der Waals surface area contributed by atoms with Crippen molar-refractivity contribution in [3.63, 3.8) is 0 Å². The molecule has 0 saturated carbocycles. The molecule has 27 heavy (non-hydrogen) atoms. The first-order valence-electron chi connectivity index (χ1n) is 8.42. The maximum atomic E-state index is 12.6. The van der Waals surface area contributed by atoms with Crippen molar-refractivity contribution in [3.05, 3.63) is 83.5 Å². The predicted octanol–water partition coefficient (Wildman–Crippen LogP) is 4.83. The summed E-state index contributed by atoms with van der Waals surface area (Å²) in [6.45, 7) is 1.84. The molecule has 0 aliphatic carbocycles. The number of amides is 1. The van der Waals surface area contributed by atoms with Crippen LogP contribution < -0.4 is 5.32 Å². The van der Waals surface area contributed by atoms with Crippen LogP contribution in [0.5, 0.6) is 0 Å². The fraction of sp³-hybridized carbons (Fsp3) is 0.0476. The third kappa shape index (κ3) is 3.75. The Balaban J connectivity index is 1.53. The van der Waals surface area contributed by atoms with E-state index in [1.165, 1.54) is 11.3 Å². The molecule has 0 bridgehead atoms. The normalized spacial score (nSPS) is 10.6. The Morgan fingerprint density at radius 3 is 2.44 bits per heavy atom. The molecule has 4 aromatic rings. The van der Waals surface area contributed by atoms with Gasteiger partial charge in [-0.2, -0.15) is 0 Å². The van der Waals surface area contributed by atoms with Gasteiger partial charge in [0.2, 0.25) is 0 Å². The lowest BCUT2D eigenvalue weighted by Gasteiger charge is -2.07. The fourth-order valence-corrected chi connectivity index (χ4v) is 3.40. The molecule has 1 N–H and O–H groups in total. The molecular formula is C21H16N4OS. The summed E-state index contributed by atoms with van der Waals surface area (Å²) < 4.78 is 0. The Hall–Kier alpha value is -3.38. The highest BCUT2D eigenvalue weighted by Crippen LogP contribution is 2.24. The predicted molar refractivity (Wildman–Crippen MR) is 108 cm³/mol. The number of hydrogen-bond acceptors (Lipinski definition) is 5. The largest absolute Gasteiger partial charge is 0.298 e. The molecule has 0 spiro atoms. The molecule has 3 heterocycles. The van der Waals surface area contributed by atoms with E-state index in [0.717, 1.165) is 22.6 Å². The smallest absolute Gasteiger partial charge is 0.259 e. The maximum Gasteiger partial charge on any atom is 0.259 e. The Kier molecular flexibility index (Phi) is 4.72. The molecule has 0 radical (unpaired) electrons. The number of nitrogens with one attached hydrogen (secondary N) is 1. The van der Waals surface area contributed by atoms with E-state index < -0.39 is 0 Å². The van der Waals surface area contributed by atoms with Gasteiger partial charge in [0.15, 0.2) is 5.13 Å². The number of benzene rings is 1. The molecular weight excluding hydrogens is 356 g/mol. The van der Waals surface area contributed by atoms with E-state index in [9.17, 15) is 4.79 Å². The van der Waals surface area contributed by atoms with Crippen molar-refractivity contribution in [3.8, 4) is 22.6 Å². The summed E-state index contributed by atoms with van der Waals surface area (Å²) in [4.78, 5) is 25.9. The number of carbonyl (C=O) groups is 1. The van der Waals surface area contributed by atoms with Crippen molar-refractivity contribution >= 4 is 22.4 Å². The standard InChI is InChI=1S/C21H16N4OS/c1-14-16(10-11-17(23-14)15-7-3-2-4-8-15)20(26)25-21-24-19(13-27-21)18-9-5-6-12-22-18/h2-13H,1H3,(H,24,25,26). The van der Waals surface area contributed by atoms with Crippen LogP contribution >= 0.6 is 11.3 Å². The van der Waals surface area contributed by atoms with Crippen LogP contribution in [0.1, 0.15) is 16.1 Å². The number of aryl methyl sites for hydroxylation is 1. The molecule has 3 aromatic heterocycles. The van der Waals surface area contributed by atoms with Gasteiger partial charge in [-0.25, -0.2) is 4.98 Å². The Labute approximate surface area is 160 Å². The summed E-state index contributed by atoms with van der Waals surface area (Å²) in [6, 6.07) is 19.2. The van der Waals surface area contributed by atoms with Gasteiger partial charge in [0.05, 0.1) is 22.6 Å². The van der Waals surface area contributed by atoms with Gasteiger partial charge in [0.1, 0.15) is 5.69 Å². The molecule has 5 nitrogen and oxygen atoms in total. The molecule has 0 aliphatic heterocycles. The molecule has 0 aliphatic rings. The monoisotopic (exact) mass is 372 g/mol. The van der Waals surface area contributed by atoms with Crippen molar-refractivity contribution in [2.24, 2.45) is 0 Å². The van der Waals surface area contributed by atoms with Crippen LogP contribution in [0.25, 0.3) is 22.6 Å². The molecule has 1 amide bonds. The van der Waals surface area contributed by atoms with Crippen LogP contribution in [-0.2, 0) is 0 Å². The van der Waals surface area contributed by atoms with Crippen LogP contribution in [0.15, 0.2) is 72.2 Å². The van der Waals surface area contributed by atoms with Crippen LogP contribution in [0.4, 0.5) is 5.13 Å². The summed E-state index contributed by atoms with van der Waals surface area (Å²) in [7, 11) is 0. The molecule has 4 rings (SSSR count). The summed E-state index contributed by atoms with van der Waals surface area (Å²) in [5.41, 5.74) is 4.59. The second kappa shape index (κ2) is 7.47. The molecule has 0 saturated heterocycles. The Bertz CT molecular complexity index is 1080. The second-order valence-electron chi connectivity index (χ2n) is 5.90. The molecule has 1 aromatic carbocycles. The lowest BCUT2D eigenvalue weighted by atomic mass is 10.1. The second-order valence-corrected chi connectivity index (χ2v) is 6.76. The van der Waals surface area contributed by atoms with Crippen LogP contribution in [0, 0.1) is 6.92 Å². The van der Waals surface area contributed by atoms with Crippen molar-refractivity contribution < 1.29 is 4.79 Å². The molecule has 132 valence electrons. The zero-order valence-electron chi connectivity index (χ0n) is 14.6. The van der Waals surface area contributed by atoms with Crippen LogP contribution in [0.3, 0.4) is 0 Å². The van der Waals surface area contributed by atoms with E-state index in [4.69, 9.17) is 0 Å². The van der Waals surface area contributed by atoms with E-state index in [-0.39, 0.29) is 5.91 Å². The molecule has 0 atom stereocenters. The van der Waals surface area contributed by atoms with Crippen LogP contribution in [0.2, 0.25) is 0 Å². The lowest BCUT2D eigenvalue weighted by molar-refractivity contribution is 0.102. The topological polar surface area (TPSA) is 67.8 Å². The van der Waals surface area contributed by atoms with Gasteiger partial charge in [-0.15, -0.1) is 11.3 Å². The van der Waals surface area contributed by atoms with Crippen molar-refractivity contribution in [2.45, 2.75) is 6.92 Å². The summed E-state index contributed by atoms with van der Waals surface area (Å²) in [6.07, 6.45) is 1.72.